The molecule has 222 valence electrons. The average Bonchev–Trinajstić information content (AvgIpc) is 3.74. The largest absolute Gasteiger partial charge is 0.367 e. The number of likely N-dealkylation sites (tertiary alicyclic amines) is 1. The number of fused-ring (bicyclic) bond motifs is 1. The van der Waals surface area contributed by atoms with Crippen molar-refractivity contribution in [3.05, 3.63) is 35.0 Å². The molecule has 1 aromatic heterocycles. The number of rotatable bonds is 7. The predicted molar refractivity (Wildman–Crippen MR) is 158 cm³/mol. The van der Waals surface area contributed by atoms with Crippen LogP contribution in [0.2, 0.25) is 0 Å². The summed E-state index contributed by atoms with van der Waals surface area (Å²) in [6.45, 7) is 3.79. The summed E-state index contributed by atoms with van der Waals surface area (Å²) in [6, 6.07) is 3.60. The van der Waals surface area contributed by atoms with Gasteiger partial charge in [0.15, 0.2) is 22.9 Å². The van der Waals surface area contributed by atoms with E-state index in [-0.39, 0.29) is 36.3 Å². The topological polar surface area (TPSA) is 95.1 Å². The molecular weight excluding hydrogens is 557 g/mol. The first kappa shape index (κ1) is 28.9. The van der Waals surface area contributed by atoms with E-state index in [1.165, 1.54) is 17.4 Å². The highest BCUT2D eigenvalue weighted by Crippen LogP contribution is 2.42. The fourth-order valence-electron chi connectivity index (χ4n) is 6.98. The van der Waals surface area contributed by atoms with Crippen LogP contribution in [0.15, 0.2) is 23.6 Å². The zero-order chi connectivity index (χ0) is 29.4. The van der Waals surface area contributed by atoms with E-state index in [4.69, 9.17) is 11.2 Å². The molecule has 3 saturated heterocycles. The van der Waals surface area contributed by atoms with Crippen LogP contribution in [0.25, 0.3) is 11.3 Å². The van der Waals surface area contributed by atoms with Gasteiger partial charge in [0.05, 0.1) is 17.7 Å². The van der Waals surface area contributed by atoms with Crippen LogP contribution in [-0.2, 0) is 14.3 Å². The van der Waals surface area contributed by atoms with Crippen LogP contribution in [0.5, 0.6) is 0 Å². The van der Waals surface area contributed by atoms with Gasteiger partial charge in [0, 0.05) is 55.1 Å². The Morgan fingerprint density at radius 1 is 1.24 bits per heavy atom. The SMILES string of the molecule is C#CC1CN(C(C=O)(NC(=O)c2ccc(-c3csc(N4CCN(C)CC4)n3)c(F)c2)C2CCCCC2)C2C(=O)COC12. The minimum atomic E-state index is -1.46. The van der Waals surface area contributed by atoms with E-state index in [1.807, 2.05) is 5.38 Å². The van der Waals surface area contributed by atoms with Gasteiger partial charge >= 0.3 is 0 Å². The number of aromatic nitrogens is 1. The highest BCUT2D eigenvalue weighted by atomic mass is 32.1. The number of Topliss-reactive ketones (excluding diaryl/α,β-unsaturated/α-hetero) is 1. The number of hydrogen-bond donors (Lipinski definition) is 1. The first-order valence-electron chi connectivity index (χ1n) is 14.7. The van der Waals surface area contributed by atoms with E-state index in [0.717, 1.165) is 69.7 Å². The molecule has 42 heavy (non-hydrogen) atoms. The van der Waals surface area contributed by atoms with Crippen molar-refractivity contribution < 1.29 is 23.5 Å². The summed E-state index contributed by atoms with van der Waals surface area (Å²) in [6.07, 6.45) is 10.3. The normalized spacial score (nSPS) is 26.9. The molecule has 11 heteroatoms. The van der Waals surface area contributed by atoms with Crippen LogP contribution >= 0.6 is 11.3 Å². The van der Waals surface area contributed by atoms with Crippen molar-refractivity contribution in [2.24, 2.45) is 11.8 Å². The number of nitrogens with zero attached hydrogens (tertiary/aromatic N) is 4. The maximum Gasteiger partial charge on any atom is 0.253 e. The molecule has 0 bridgehead atoms. The highest BCUT2D eigenvalue weighted by Gasteiger charge is 2.59. The lowest BCUT2D eigenvalue weighted by Gasteiger charge is -2.46. The number of thiazole rings is 1. The third-order valence-corrected chi connectivity index (χ3v) is 10.3. The number of carbonyl (C=O) groups excluding carboxylic acids is 3. The van der Waals surface area contributed by atoms with E-state index in [0.29, 0.717) is 11.3 Å². The van der Waals surface area contributed by atoms with Crippen LogP contribution < -0.4 is 10.2 Å². The summed E-state index contributed by atoms with van der Waals surface area (Å²) in [5, 5.41) is 5.66. The molecule has 1 saturated carbocycles. The molecule has 1 aromatic carbocycles. The lowest BCUT2D eigenvalue weighted by atomic mass is 9.78. The number of carbonyl (C=O) groups is 3. The Bertz CT molecular complexity index is 1400. The van der Waals surface area contributed by atoms with Gasteiger partial charge in [-0.15, -0.1) is 17.8 Å². The standard InChI is InChI=1S/C31H36FN5O4S/c1-3-20-16-37(27-26(39)17-41-28(20)27)31(19-38,22-7-5-4-6-8-22)34-29(40)21-9-10-23(24(32)15-21)25-18-42-30(33-25)36-13-11-35(2)12-14-36/h1,9-10,15,18-20,22,27-28H,4-8,11-14,16-17H2,2H3,(H,34,40). The van der Waals surface area contributed by atoms with E-state index in [1.54, 1.807) is 17.0 Å². The van der Waals surface area contributed by atoms with Crippen LogP contribution in [-0.4, -0.2) is 96.9 Å². The molecule has 1 aliphatic carbocycles. The summed E-state index contributed by atoms with van der Waals surface area (Å²) < 4.78 is 21.2. The van der Waals surface area contributed by atoms with Gasteiger partial charge in [0.25, 0.3) is 5.91 Å². The minimum absolute atomic E-state index is 0.0720. The van der Waals surface area contributed by atoms with Crippen LogP contribution in [0.3, 0.4) is 0 Å². The molecule has 6 rings (SSSR count). The van der Waals surface area contributed by atoms with E-state index in [9.17, 15) is 14.4 Å². The highest BCUT2D eigenvalue weighted by molar-refractivity contribution is 7.14. The number of anilines is 1. The van der Waals surface area contributed by atoms with Gasteiger partial charge in [0.2, 0.25) is 0 Å². The second-order valence-corrected chi connectivity index (χ2v) is 12.7. The second kappa shape index (κ2) is 11.8. The second-order valence-electron chi connectivity index (χ2n) is 11.8. The van der Waals surface area contributed by atoms with Crippen molar-refractivity contribution in [2.75, 3.05) is 51.3 Å². The van der Waals surface area contributed by atoms with E-state index >= 15 is 4.39 Å². The third kappa shape index (κ3) is 5.15. The number of aldehydes is 1. The van der Waals surface area contributed by atoms with E-state index in [2.05, 4.69) is 33.1 Å². The fraction of sp³-hybridized carbons (Fsp3) is 0.548. The molecule has 0 spiro atoms. The number of terminal acetylenes is 1. The number of piperazine rings is 1. The monoisotopic (exact) mass is 593 g/mol. The third-order valence-electron chi connectivity index (χ3n) is 9.37. The van der Waals surface area contributed by atoms with Gasteiger partial charge < -0.3 is 19.9 Å². The number of nitrogens with one attached hydrogen (secondary N) is 1. The molecule has 9 nitrogen and oxygen atoms in total. The summed E-state index contributed by atoms with van der Waals surface area (Å²) in [4.78, 5) is 50.7. The lowest BCUT2D eigenvalue weighted by Crippen LogP contribution is -2.68. The fourth-order valence-corrected chi connectivity index (χ4v) is 7.86. The summed E-state index contributed by atoms with van der Waals surface area (Å²) in [7, 11) is 2.09. The molecule has 1 N–H and O–H groups in total. The van der Waals surface area contributed by atoms with Crippen molar-refractivity contribution >= 4 is 34.4 Å². The molecule has 4 atom stereocenters. The Hall–Kier alpha value is -3.17. The zero-order valence-electron chi connectivity index (χ0n) is 23.8. The number of benzene rings is 1. The van der Waals surface area contributed by atoms with Gasteiger partial charge in [-0.25, -0.2) is 9.37 Å². The maximum absolute atomic E-state index is 15.5. The van der Waals surface area contributed by atoms with Gasteiger partial charge in [-0.1, -0.05) is 25.2 Å². The molecule has 4 heterocycles. The Morgan fingerprint density at radius 2 is 2.00 bits per heavy atom. The molecule has 4 unspecified atom stereocenters. The minimum Gasteiger partial charge on any atom is -0.367 e. The molecule has 4 aliphatic rings. The van der Waals surface area contributed by atoms with Gasteiger partial charge in [-0.05, 0) is 38.1 Å². The van der Waals surface area contributed by atoms with Crippen molar-refractivity contribution in [3.8, 4) is 23.6 Å². The molecule has 4 fully saturated rings. The molecule has 1 amide bonds. The van der Waals surface area contributed by atoms with Crippen molar-refractivity contribution in [1.82, 2.24) is 20.1 Å². The molecular formula is C31H36FN5O4S. The summed E-state index contributed by atoms with van der Waals surface area (Å²) in [5.41, 5.74) is -0.543. The number of hydrogen-bond acceptors (Lipinski definition) is 9. The zero-order valence-corrected chi connectivity index (χ0v) is 24.6. The lowest BCUT2D eigenvalue weighted by molar-refractivity contribution is -0.132. The smallest absolute Gasteiger partial charge is 0.253 e. The van der Waals surface area contributed by atoms with Crippen LogP contribution in [0.4, 0.5) is 9.52 Å². The first-order chi connectivity index (χ1) is 20.3. The van der Waals surface area contributed by atoms with Gasteiger partial charge in [-0.3, -0.25) is 19.3 Å². The predicted octanol–water partition coefficient (Wildman–Crippen LogP) is 2.81. The van der Waals surface area contributed by atoms with Crippen molar-refractivity contribution in [2.45, 2.75) is 49.9 Å². The average molecular weight is 594 g/mol. The molecule has 3 aliphatic heterocycles. The first-order valence-corrected chi connectivity index (χ1v) is 15.6. The van der Waals surface area contributed by atoms with Crippen LogP contribution in [0, 0.1) is 30.0 Å². The maximum atomic E-state index is 15.5. The van der Waals surface area contributed by atoms with E-state index < -0.39 is 29.5 Å². The Balaban J connectivity index is 1.26. The quantitative estimate of drug-likeness (QED) is 0.387. The Kier molecular flexibility index (Phi) is 8.16. The van der Waals surface area contributed by atoms with Gasteiger partial charge in [0.1, 0.15) is 18.5 Å². The summed E-state index contributed by atoms with van der Waals surface area (Å²) in [5.74, 6) is 0.816. The number of ether oxygens (including phenoxy) is 1. The number of halogens is 1. The Morgan fingerprint density at radius 3 is 2.69 bits per heavy atom. The number of amides is 1. The molecule has 0 radical (unpaired) electrons. The Labute approximate surface area is 249 Å². The summed E-state index contributed by atoms with van der Waals surface area (Å²) >= 11 is 1.48. The number of likely N-dealkylation sites (N-methyl/N-ethyl adjacent to an activating group) is 1. The van der Waals surface area contributed by atoms with Gasteiger partial charge in [-0.2, -0.15) is 0 Å². The number of ketones is 1. The van der Waals surface area contributed by atoms with Crippen molar-refractivity contribution in [3.63, 3.8) is 0 Å². The van der Waals surface area contributed by atoms with Crippen molar-refractivity contribution in [1.29, 1.82) is 0 Å². The molecule has 2 aromatic rings. The van der Waals surface area contributed by atoms with Crippen LogP contribution in [0.1, 0.15) is 42.5 Å².